The van der Waals surface area contributed by atoms with Crippen LogP contribution in [0.15, 0.2) is 59.0 Å². The van der Waals surface area contributed by atoms with Gasteiger partial charge < -0.3 is 4.42 Å². The summed E-state index contributed by atoms with van der Waals surface area (Å²) in [6, 6.07) is 18.5. The van der Waals surface area contributed by atoms with Gasteiger partial charge in [0.2, 0.25) is 17.5 Å². The number of anilines is 1. The zero-order valence-electron chi connectivity index (χ0n) is 13.4. The predicted molar refractivity (Wildman–Crippen MR) is 90.6 cm³/mol. The van der Waals surface area contributed by atoms with Crippen LogP contribution in [0, 0.1) is 18.3 Å². The standard InChI is InChI=1S/C19H15N3O2/c1-13-8-10-15(11-9-13)18(23)22(2)19-16(12-20)21-17(24-19)14-6-4-3-5-7-14/h3-11H,1-2H3. The number of carbonyl (C=O) groups is 1. The van der Waals surface area contributed by atoms with Gasteiger partial charge in [-0.15, -0.1) is 0 Å². The summed E-state index contributed by atoms with van der Waals surface area (Å²) >= 11 is 0. The number of nitrogens with zero attached hydrogens (tertiary/aromatic N) is 3. The molecule has 5 heteroatoms. The van der Waals surface area contributed by atoms with Crippen LogP contribution in [0.1, 0.15) is 21.6 Å². The van der Waals surface area contributed by atoms with Crippen molar-refractivity contribution in [2.75, 3.05) is 11.9 Å². The van der Waals surface area contributed by atoms with Crippen LogP contribution >= 0.6 is 0 Å². The van der Waals surface area contributed by atoms with Gasteiger partial charge in [0.15, 0.2) is 0 Å². The molecule has 3 rings (SSSR count). The fourth-order valence-electron chi connectivity index (χ4n) is 2.30. The number of hydrogen-bond acceptors (Lipinski definition) is 4. The number of carbonyl (C=O) groups excluding carboxylic acids is 1. The number of amides is 1. The molecule has 1 heterocycles. The van der Waals surface area contributed by atoms with Gasteiger partial charge in [-0.3, -0.25) is 9.69 Å². The Morgan fingerprint density at radius 2 is 1.79 bits per heavy atom. The van der Waals surface area contributed by atoms with Crippen molar-refractivity contribution >= 4 is 11.8 Å². The predicted octanol–water partition coefficient (Wildman–Crippen LogP) is 3.80. The molecule has 0 bridgehead atoms. The van der Waals surface area contributed by atoms with Crippen LogP contribution in [0.4, 0.5) is 5.88 Å². The van der Waals surface area contributed by atoms with E-state index in [4.69, 9.17) is 4.42 Å². The Labute approximate surface area is 139 Å². The van der Waals surface area contributed by atoms with Crippen molar-refractivity contribution in [1.82, 2.24) is 4.98 Å². The Morgan fingerprint density at radius 3 is 2.42 bits per heavy atom. The molecule has 5 nitrogen and oxygen atoms in total. The number of nitriles is 1. The van der Waals surface area contributed by atoms with E-state index in [1.165, 1.54) is 4.90 Å². The molecule has 0 aliphatic carbocycles. The summed E-state index contributed by atoms with van der Waals surface area (Å²) < 4.78 is 5.69. The first-order valence-electron chi connectivity index (χ1n) is 7.41. The highest BCUT2D eigenvalue weighted by atomic mass is 16.4. The van der Waals surface area contributed by atoms with E-state index in [2.05, 4.69) is 4.98 Å². The number of oxazole rings is 1. The second-order valence-electron chi connectivity index (χ2n) is 5.38. The largest absolute Gasteiger partial charge is 0.419 e. The third kappa shape index (κ3) is 2.90. The van der Waals surface area contributed by atoms with Gasteiger partial charge in [-0.2, -0.15) is 10.2 Å². The lowest BCUT2D eigenvalue weighted by Gasteiger charge is -2.14. The smallest absolute Gasteiger partial charge is 0.260 e. The maximum atomic E-state index is 12.6. The molecule has 3 aromatic rings. The van der Waals surface area contributed by atoms with Crippen molar-refractivity contribution in [3.8, 4) is 17.5 Å². The van der Waals surface area contributed by atoms with Gasteiger partial charge in [0.25, 0.3) is 5.91 Å². The molecule has 0 aliphatic rings. The highest BCUT2D eigenvalue weighted by molar-refractivity contribution is 6.05. The highest BCUT2D eigenvalue weighted by Crippen LogP contribution is 2.28. The topological polar surface area (TPSA) is 70.1 Å². The van der Waals surface area contributed by atoms with Crippen LogP contribution in [0.3, 0.4) is 0 Å². The molecule has 118 valence electrons. The molecule has 0 fully saturated rings. The highest BCUT2D eigenvalue weighted by Gasteiger charge is 2.23. The number of hydrogen-bond donors (Lipinski definition) is 0. The van der Waals surface area contributed by atoms with E-state index in [0.29, 0.717) is 11.5 Å². The SMILES string of the molecule is Cc1ccc(C(=O)N(C)c2oc(-c3ccccc3)nc2C#N)cc1. The fraction of sp³-hybridized carbons (Fsp3) is 0.105. The van der Waals surface area contributed by atoms with E-state index >= 15 is 0 Å². The van der Waals surface area contributed by atoms with Crippen molar-refractivity contribution in [2.24, 2.45) is 0 Å². The maximum Gasteiger partial charge on any atom is 0.260 e. The van der Waals surface area contributed by atoms with Gasteiger partial charge in [0.1, 0.15) is 6.07 Å². The maximum absolute atomic E-state index is 12.6. The van der Waals surface area contributed by atoms with Crippen molar-refractivity contribution in [2.45, 2.75) is 6.92 Å². The normalized spacial score (nSPS) is 10.2. The molecule has 0 spiro atoms. The molecular formula is C19H15N3O2. The molecule has 0 saturated heterocycles. The van der Waals surface area contributed by atoms with E-state index in [1.54, 1.807) is 19.2 Å². The van der Waals surface area contributed by atoms with E-state index < -0.39 is 0 Å². The van der Waals surface area contributed by atoms with E-state index in [1.807, 2.05) is 55.5 Å². The van der Waals surface area contributed by atoms with E-state index in [-0.39, 0.29) is 17.5 Å². The van der Waals surface area contributed by atoms with Gasteiger partial charge in [-0.05, 0) is 31.2 Å². The van der Waals surface area contributed by atoms with Crippen molar-refractivity contribution in [3.63, 3.8) is 0 Å². The van der Waals surface area contributed by atoms with E-state index in [0.717, 1.165) is 11.1 Å². The Hall–Kier alpha value is -3.39. The molecule has 0 N–H and O–H groups in total. The van der Waals surface area contributed by atoms with Gasteiger partial charge >= 0.3 is 0 Å². The van der Waals surface area contributed by atoms with Crippen LogP contribution in [0.2, 0.25) is 0 Å². The summed E-state index contributed by atoms with van der Waals surface area (Å²) in [5.74, 6) is 0.190. The van der Waals surface area contributed by atoms with Crippen LogP contribution < -0.4 is 4.90 Å². The zero-order valence-corrected chi connectivity index (χ0v) is 13.4. The summed E-state index contributed by atoms with van der Waals surface area (Å²) in [6.07, 6.45) is 0. The second kappa shape index (κ2) is 6.39. The van der Waals surface area contributed by atoms with Gasteiger partial charge in [0.05, 0.1) is 0 Å². The first kappa shape index (κ1) is 15.5. The van der Waals surface area contributed by atoms with Crippen LogP contribution in [0.25, 0.3) is 11.5 Å². The molecule has 0 saturated carbocycles. The second-order valence-corrected chi connectivity index (χ2v) is 5.38. The molecule has 2 aromatic carbocycles. The average molecular weight is 317 g/mol. The monoisotopic (exact) mass is 317 g/mol. The van der Waals surface area contributed by atoms with Crippen molar-refractivity contribution in [3.05, 3.63) is 71.4 Å². The van der Waals surface area contributed by atoms with Gasteiger partial charge in [-0.1, -0.05) is 35.9 Å². The van der Waals surface area contributed by atoms with Crippen LogP contribution in [-0.4, -0.2) is 17.9 Å². The van der Waals surface area contributed by atoms with Crippen LogP contribution in [0.5, 0.6) is 0 Å². The Balaban J connectivity index is 1.96. The number of aryl methyl sites for hydroxylation is 1. The summed E-state index contributed by atoms with van der Waals surface area (Å²) in [5.41, 5.74) is 2.41. The first-order valence-corrected chi connectivity index (χ1v) is 7.41. The molecule has 0 atom stereocenters. The first-order chi connectivity index (χ1) is 11.6. The van der Waals surface area contributed by atoms with E-state index in [9.17, 15) is 10.1 Å². The molecule has 24 heavy (non-hydrogen) atoms. The van der Waals surface area contributed by atoms with Gasteiger partial charge in [0, 0.05) is 18.2 Å². The average Bonchev–Trinajstić information content (AvgIpc) is 3.06. The lowest BCUT2D eigenvalue weighted by molar-refractivity contribution is 0.0989. The Kier molecular flexibility index (Phi) is 4.13. The van der Waals surface area contributed by atoms with Crippen molar-refractivity contribution in [1.29, 1.82) is 5.26 Å². The summed E-state index contributed by atoms with van der Waals surface area (Å²) in [6.45, 7) is 1.95. The third-order valence-electron chi connectivity index (χ3n) is 3.64. The third-order valence-corrected chi connectivity index (χ3v) is 3.64. The van der Waals surface area contributed by atoms with Crippen LogP contribution in [-0.2, 0) is 0 Å². The Bertz CT molecular complexity index is 906. The summed E-state index contributed by atoms with van der Waals surface area (Å²) in [7, 11) is 1.57. The lowest BCUT2D eigenvalue weighted by Crippen LogP contribution is -2.26. The molecule has 1 aromatic heterocycles. The minimum Gasteiger partial charge on any atom is -0.419 e. The molecule has 0 aliphatic heterocycles. The number of benzene rings is 2. The fourth-order valence-corrected chi connectivity index (χ4v) is 2.30. The van der Waals surface area contributed by atoms with Gasteiger partial charge in [-0.25, -0.2) is 0 Å². The minimum absolute atomic E-state index is 0.0804. The zero-order chi connectivity index (χ0) is 17.1. The molecule has 1 amide bonds. The molecule has 0 unspecified atom stereocenters. The quantitative estimate of drug-likeness (QED) is 0.736. The summed E-state index contributed by atoms with van der Waals surface area (Å²) in [4.78, 5) is 18.1. The number of aromatic nitrogens is 1. The Morgan fingerprint density at radius 1 is 1.12 bits per heavy atom. The number of rotatable bonds is 3. The molecular weight excluding hydrogens is 302 g/mol. The summed E-state index contributed by atoms with van der Waals surface area (Å²) in [5, 5.41) is 9.31. The van der Waals surface area contributed by atoms with Crippen molar-refractivity contribution < 1.29 is 9.21 Å². The molecule has 0 radical (unpaired) electrons. The minimum atomic E-state index is -0.262. The lowest BCUT2D eigenvalue weighted by atomic mass is 10.1.